The fourth-order valence-corrected chi connectivity index (χ4v) is 6.87. The molecule has 2 aliphatic rings. The lowest BCUT2D eigenvalue weighted by Gasteiger charge is -2.30. The van der Waals surface area contributed by atoms with E-state index < -0.39 is 24.0 Å². The summed E-state index contributed by atoms with van der Waals surface area (Å²) in [5.74, 6) is 0.674. The summed E-state index contributed by atoms with van der Waals surface area (Å²) in [6.07, 6.45) is 7.87. The quantitative estimate of drug-likeness (QED) is 0.157. The molecule has 3 N–H and O–H groups in total. The Morgan fingerprint density at radius 1 is 0.936 bits per heavy atom. The second-order valence-electron chi connectivity index (χ2n) is 12.9. The highest BCUT2D eigenvalue weighted by atomic mass is 16.5. The van der Waals surface area contributed by atoms with Crippen LogP contribution < -0.4 is 20.1 Å². The number of aliphatic hydroxyl groups is 1. The number of carbonyl (C=O) groups excluding carboxylic acids is 2. The largest absolute Gasteiger partial charge is 0.497 e. The Hall–Kier alpha value is -3.18. The van der Waals surface area contributed by atoms with Crippen molar-refractivity contribution >= 4 is 11.8 Å². The Morgan fingerprint density at radius 3 is 2.32 bits per heavy atom. The zero-order valence-electron chi connectivity index (χ0n) is 28.5. The molecule has 1 aliphatic heterocycles. The van der Waals surface area contributed by atoms with Crippen LogP contribution in [0.25, 0.3) is 0 Å². The lowest BCUT2D eigenvalue weighted by atomic mass is 9.83. The number of amides is 2. The van der Waals surface area contributed by atoms with Crippen molar-refractivity contribution in [2.45, 2.75) is 82.6 Å². The van der Waals surface area contributed by atoms with Crippen molar-refractivity contribution in [1.82, 2.24) is 15.5 Å². The van der Waals surface area contributed by atoms with Crippen LogP contribution in [-0.4, -0.2) is 88.1 Å². The number of hydrogen-bond acceptors (Lipinski definition) is 8. The summed E-state index contributed by atoms with van der Waals surface area (Å²) >= 11 is 0. The minimum Gasteiger partial charge on any atom is -0.497 e. The van der Waals surface area contributed by atoms with E-state index in [0.717, 1.165) is 56.1 Å². The molecule has 2 aromatic rings. The van der Waals surface area contributed by atoms with Crippen molar-refractivity contribution in [2.75, 3.05) is 54.2 Å². The highest BCUT2D eigenvalue weighted by Crippen LogP contribution is 2.34. The van der Waals surface area contributed by atoms with E-state index in [4.69, 9.17) is 18.9 Å². The molecule has 1 unspecified atom stereocenters. The third-order valence-electron chi connectivity index (χ3n) is 9.49. The fraction of sp³-hybridized carbons (Fsp3) is 0.622. The van der Waals surface area contributed by atoms with Crippen LogP contribution in [0, 0.1) is 11.8 Å². The van der Waals surface area contributed by atoms with Crippen LogP contribution in [-0.2, 0) is 25.6 Å². The molecule has 0 bridgehead atoms. The smallest absolute Gasteiger partial charge is 0.311 e. The normalized spacial score (nSPS) is 18.8. The number of likely N-dealkylation sites (tertiary alicyclic amines) is 1. The number of nitrogens with one attached hydrogen (secondary N) is 2. The number of methoxy groups -OCH3 is 3. The molecule has 2 fully saturated rings. The molecule has 0 spiro atoms. The van der Waals surface area contributed by atoms with Crippen LogP contribution in [0.4, 0.5) is 0 Å². The van der Waals surface area contributed by atoms with Crippen LogP contribution in [0.1, 0.15) is 75.0 Å². The third kappa shape index (κ3) is 11.5. The van der Waals surface area contributed by atoms with Gasteiger partial charge in [-0.15, -0.1) is 0 Å². The van der Waals surface area contributed by atoms with E-state index in [9.17, 15) is 14.7 Å². The lowest BCUT2D eigenvalue weighted by Crippen LogP contribution is -2.52. The molecular weight excluding hydrogens is 598 g/mol. The molecule has 10 heteroatoms. The maximum absolute atomic E-state index is 13.5. The van der Waals surface area contributed by atoms with Gasteiger partial charge in [-0.1, -0.05) is 62.4 Å². The Labute approximate surface area is 280 Å². The number of aliphatic hydroxyl groups excluding tert-OH is 1. The molecule has 1 aliphatic carbocycles. The molecule has 0 aromatic heterocycles. The average Bonchev–Trinajstić information content (AvgIpc) is 3.59. The minimum absolute atomic E-state index is 0.0830. The average molecular weight is 654 g/mol. The summed E-state index contributed by atoms with van der Waals surface area (Å²) in [7, 11) is 4.92. The maximum Gasteiger partial charge on any atom is 0.311 e. The van der Waals surface area contributed by atoms with Gasteiger partial charge in [-0.3, -0.25) is 9.59 Å². The summed E-state index contributed by atoms with van der Waals surface area (Å²) in [6.45, 7) is 3.00. The number of carbonyl (C=O) groups is 2. The number of nitrogens with zero attached hydrogens (tertiary/aromatic N) is 1. The Kier molecular flexibility index (Phi) is 15.3. The zero-order chi connectivity index (χ0) is 33.4. The fourth-order valence-electron chi connectivity index (χ4n) is 6.87. The first kappa shape index (κ1) is 36.7. The van der Waals surface area contributed by atoms with Crippen LogP contribution in [0.2, 0.25) is 0 Å². The molecule has 2 amide bonds. The van der Waals surface area contributed by atoms with E-state index in [2.05, 4.69) is 22.8 Å². The lowest BCUT2D eigenvalue weighted by molar-refractivity contribution is -0.146. The predicted octanol–water partition coefficient (Wildman–Crippen LogP) is 4.64. The van der Waals surface area contributed by atoms with Crippen LogP contribution in [0.3, 0.4) is 0 Å². The summed E-state index contributed by atoms with van der Waals surface area (Å²) in [6, 6.07) is 15.2. The monoisotopic (exact) mass is 653 g/mol. The maximum atomic E-state index is 13.5. The Balaban J connectivity index is 1.35. The third-order valence-corrected chi connectivity index (χ3v) is 9.49. The zero-order valence-corrected chi connectivity index (χ0v) is 28.5. The number of rotatable bonds is 18. The molecule has 0 radical (unpaired) electrons. The molecule has 1 saturated heterocycles. The SMILES string of the molecule is COCCCCO[C@@H](c1ccccc1)C1CCN(C(=O)C(=O)N[C@@H](CC2CCCCC2)[C@H](O)CNCc2cc(OC)cc(OC)c2)C1. The first-order valence-electron chi connectivity index (χ1n) is 17.3. The van der Waals surface area contributed by atoms with E-state index in [1.54, 1.807) is 26.2 Å². The van der Waals surface area contributed by atoms with E-state index in [0.29, 0.717) is 56.7 Å². The summed E-state index contributed by atoms with van der Waals surface area (Å²) in [5, 5.41) is 17.6. The number of hydrogen-bond donors (Lipinski definition) is 3. The van der Waals surface area contributed by atoms with Gasteiger partial charge >= 0.3 is 11.8 Å². The van der Waals surface area contributed by atoms with Crippen LogP contribution in [0.15, 0.2) is 48.5 Å². The van der Waals surface area contributed by atoms with Crippen molar-refractivity contribution in [3.05, 3.63) is 59.7 Å². The van der Waals surface area contributed by atoms with E-state index in [1.165, 1.54) is 6.42 Å². The van der Waals surface area contributed by atoms with Crippen molar-refractivity contribution in [3.63, 3.8) is 0 Å². The molecule has 260 valence electrons. The van der Waals surface area contributed by atoms with Gasteiger partial charge in [0, 0.05) is 58.5 Å². The summed E-state index contributed by atoms with van der Waals surface area (Å²) in [5.41, 5.74) is 2.03. The van der Waals surface area contributed by atoms with E-state index in [-0.39, 0.29) is 18.6 Å². The van der Waals surface area contributed by atoms with E-state index in [1.807, 2.05) is 36.4 Å². The predicted molar refractivity (Wildman–Crippen MR) is 181 cm³/mol. The summed E-state index contributed by atoms with van der Waals surface area (Å²) in [4.78, 5) is 28.6. The molecule has 1 saturated carbocycles. The van der Waals surface area contributed by atoms with Crippen LogP contribution in [0.5, 0.6) is 11.5 Å². The second-order valence-corrected chi connectivity index (χ2v) is 12.9. The second kappa shape index (κ2) is 19.6. The van der Waals surface area contributed by atoms with Gasteiger partial charge in [-0.2, -0.15) is 0 Å². The topological polar surface area (TPSA) is 119 Å². The standard InChI is InChI=1S/C37H55N3O7/c1-44-18-10-11-19-47-35(29-14-8-5-9-15-29)30-16-17-40(26-30)37(43)36(42)39-33(22-27-12-6-4-7-13-27)34(41)25-38-24-28-20-31(45-2)23-32(21-28)46-3/h5,8-9,14-15,20-21,23,27,30,33-35,38,41H,4,6-7,10-13,16-19,22,24-26H2,1-3H3,(H,39,42)/t30?,33-,34+,35-/m0/s1. The van der Waals surface area contributed by atoms with Gasteiger partial charge in [0.25, 0.3) is 0 Å². The Morgan fingerprint density at radius 2 is 1.64 bits per heavy atom. The van der Waals surface area contributed by atoms with Crippen LogP contribution >= 0.6 is 0 Å². The van der Waals surface area contributed by atoms with Crippen molar-refractivity contribution < 1.29 is 33.6 Å². The van der Waals surface area contributed by atoms with Gasteiger partial charge in [0.2, 0.25) is 0 Å². The van der Waals surface area contributed by atoms with Gasteiger partial charge in [-0.05, 0) is 54.9 Å². The van der Waals surface area contributed by atoms with Crippen molar-refractivity contribution in [1.29, 1.82) is 0 Å². The number of benzene rings is 2. The minimum atomic E-state index is -0.860. The molecule has 47 heavy (non-hydrogen) atoms. The first-order chi connectivity index (χ1) is 22.9. The van der Waals surface area contributed by atoms with Gasteiger partial charge in [0.1, 0.15) is 11.5 Å². The van der Waals surface area contributed by atoms with Gasteiger partial charge < -0.3 is 39.6 Å². The van der Waals surface area contributed by atoms with Gasteiger partial charge in [0.15, 0.2) is 0 Å². The Bertz CT molecular complexity index is 1200. The molecule has 10 nitrogen and oxygen atoms in total. The van der Waals surface area contributed by atoms with Crippen molar-refractivity contribution in [2.24, 2.45) is 11.8 Å². The number of unbranched alkanes of at least 4 members (excludes halogenated alkanes) is 1. The molecule has 2 aromatic carbocycles. The first-order valence-corrected chi connectivity index (χ1v) is 17.3. The molecule has 1 heterocycles. The van der Waals surface area contributed by atoms with Gasteiger partial charge in [0.05, 0.1) is 32.5 Å². The summed E-state index contributed by atoms with van der Waals surface area (Å²) < 4.78 is 22.3. The highest BCUT2D eigenvalue weighted by molar-refractivity contribution is 6.35. The highest BCUT2D eigenvalue weighted by Gasteiger charge is 2.37. The molecular formula is C37H55N3O7. The molecule has 4 rings (SSSR count). The number of ether oxygens (including phenoxy) is 4. The van der Waals surface area contributed by atoms with Gasteiger partial charge in [-0.25, -0.2) is 0 Å². The van der Waals surface area contributed by atoms with E-state index >= 15 is 0 Å². The van der Waals surface area contributed by atoms with Crippen molar-refractivity contribution in [3.8, 4) is 11.5 Å². The molecule has 4 atom stereocenters.